The van der Waals surface area contributed by atoms with Crippen LogP contribution in [-0.4, -0.2) is 43.3 Å². The molecule has 1 aromatic heterocycles. The molecule has 1 atom stereocenters. The summed E-state index contributed by atoms with van der Waals surface area (Å²) in [4.78, 5) is 13.1. The maximum Gasteiger partial charge on any atom is 0.488 e. The van der Waals surface area contributed by atoms with Crippen molar-refractivity contribution in [2.45, 2.75) is 19.6 Å². The van der Waals surface area contributed by atoms with Crippen molar-refractivity contribution in [3.8, 4) is 0 Å². The number of allylic oxidation sites excluding steroid dienone is 1. The van der Waals surface area contributed by atoms with Crippen molar-refractivity contribution in [3.05, 3.63) is 77.0 Å². The van der Waals surface area contributed by atoms with Gasteiger partial charge in [-0.25, -0.2) is 4.79 Å². The van der Waals surface area contributed by atoms with Crippen LogP contribution in [0.2, 0.25) is 0 Å². The van der Waals surface area contributed by atoms with Crippen LogP contribution in [0.5, 0.6) is 0 Å². The van der Waals surface area contributed by atoms with Crippen LogP contribution in [0.1, 0.15) is 24.1 Å². The number of carbonyl (C=O) groups is 1. The molecule has 10 heteroatoms. The number of aromatic nitrogens is 4. The van der Waals surface area contributed by atoms with Crippen LogP contribution in [0.3, 0.4) is 0 Å². The topological polar surface area (TPSA) is 122 Å². The first kappa shape index (κ1) is 18.8. The van der Waals surface area contributed by atoms with Crippen LogP contribution in [0.15, 0.2) is 65.9 Å². The molecule has 4 rings (SSSR count). The third-order valence-electron chi connectivity index (χ3n) is 4.72. The highest BCUT2D eigenvalue weighted by Crippen LogP contribution is 2.34. The smallest absolute Gasteiger partial charge is 0.457 e. The number of rotatable bonds is 5. The minimum absolute atomic E-state index is 0.107. The van der Waals surface area contributed by atoms with Gasteiger partial charge in [0.25, 0.3) is 0 Å². The fourth-order valence-electron chi connectivity index (χ4n) is 3.36. The number of carbonyl (C=O) groups excluding carboxylic acids is 1. The Bertz CT molecular complexity index is 1070. The van der Waals surface area contributed by atoms with Gasteiger partial charge in [-0.15, -0.1) is 0 Å². The standard InChI is InChI=1S/C19H18BN5O4/c1-12-16(18(26)29-11-13-7-3-2-4-8-13)17(25-19(21-12)22-23-24-25)14-9-5-6-10-15(14)20(27)28/h2-10,17,27-28H,11H2,1H3,(H,21,22,24). The predicted molar refractivity (Wildman–Crippen MR) is 105 cm³/mol. The zero-order valence-electron chi connectivity index (χ0n) is 15.6. The van der Waals surface area contributed by atoms with Crippen molar-refractivity contribution in [2.24, 2.45) is 0 Å². The van der Waals surface area contributed by atoms with Gasteiger partial charge in [-0.3, -0.25) is 0 Å². The summed E-state index contributed by atoms with van der Waals surface area (Å²) in [6.07, 6.45) is 0. The van der Waals surface area contributed by atoms with E-state index in [4.69, 9.17) is 4.74 Å². The van der Waals surface area contributed by atoms with Gasteiger partial charge >= 0.3 is 13.1 Å². The van der Waals surface area contributed by atoms with Gasteiger partial charge in [0.2, 0.25) is 5.95 Å². The number of fused-ring (bicyclic) bond motifs is 1. The molecular formula is C19H18BN5O4. The highest BCUT2D eigenvalue weighted by atomic mass is 16.5. The Hall–Kier alpha value is -3.50. The Kier molecular flexibility index (Phi) is 5.11. The molecule has 1 aliphatic heterocycles. The zero-order chi connectivity index (χ0) is 20.4. The summed E-state index contributed by atoms with van der Waals surface area (Å²) in [6, 6.07) is 15.3. The van der Waals surface area contributed by atoms with Gasteiger partial charge in [0.1, 0.15) is 12.6 Å². The third-order valence-corrected chi connectivity index (χ3v) is 4.72. The van der Waals surface area contributed by atoms with Crippen molar-refractivity contribution in [1.82, 2.24) is 20.2 Å². The minimum atomic E-state index is -1.72. The van der Waals surface area contributed by atoms with Crippen LogP contribution in [-0.2, 0) is 16.1 Å². The Morgan fingerprint density at radius 3 is 2.66 bits per heavy atom. The largest absolute Gasteiger partial charge is 0.488 e. The molecule has 29 heavy (non-hydrogen) atoms. The van der Waals surface area contributed by atoms with Crippen LogP contribution in [0.4, 0.5) is 5.95 Å². The SMILES string of the molecule is CC1=C(C(=O)OCc2ccccc2)C(c2ccccc2B(O)O)n2nnnc2N1. The number of anilines is 1. The van der Waals surface area contributed by atoms with E-state index >= 15 is 0 Å². The molecule has 3 N–H and O–H groups in total. The van der Waals surface area contributed by atoms with E-state index in [1.807, 2.05) is 30.3 Å². The monoisotopic (exact) mass is 391 g/mol. The fourth-order valence-corrected chi connectivity index (χ4v) is 3.36. The second-order valence-corrected chi connectivity index (χ2v) is 6.58. The summed E-state index contributed by atoms with van der Waals surface area (Å²) in [6.45, 7) is 1.83. The lowest BCUT2D eigenvalue weighted by molar-refractivity contribution is -0.140. The molecule has 1 unspecified atom stereocenters. The molecule has 0 fully saturated rings. The summed E-state index contributed by atoms with van der Waals surface area (Å²) >= 11 is 0. The third kappa shape index (κ3) is 3.63. The zero-order valence-corrected chi connectivity index (χ0v) is 15.6. The Morgan fingerprint density at radius 2 is 1.90 bits per heavy atom. The number of benzene rings is 2. The van der Waals surface area contributed by atoms with E-state index in [9.17, 15) is 14.8 Å². The number of hydrogen-bond donors (Lipinski definition) is 3. The van der Waals surface area contributed by atoms with E-state index in [0.717, 1.165) is 5.56 Å². The van der Waals surface area contributed by atoms with Crippen molar-refractivity contribution < 1.29 is 19.6 Å². The first-order chi connectivity index (χ1) is 14.1. The van der Waals surface area contributed by atoms with Crippen LogP contribution < -0.4 is 10.8 Å². The number of nitrogens with one attached hydrogen (secondary N) is 1. The Balaban J connectivity index is 1.74. The second-order valence-electron chi connectivity index (χ2n) is 6.58. The van der Waals surface area contributed by atoms with E-state index < -0.39 is 19.1 Å². The number of nitrogens with zero attached hydrogens (tertiary/aromatic N) is 4. The lowest BCUT2D eigenvalue weighted by Gasteiger charge is -2.28. The highest BCUT2D eigenvalue weighted by molar-refractivity contribution is 6.59. The van der Waals surface area contributed by atoms with Crippen molar-refractivity contribution >= 4 is 24.5 Å². The maximum atomic E-state index is 13.1. The van der Waals surface area contributed by atoms with E-state index in [-0.39, 0.29) is 17.6 Å². The molecule has 3 aromatic rings. The molecule has 0 spiro atoms. The van der Waals surface area contributed by atoms with E-state index in [1.165, 1.54) is 4.68 Å². The van der Waals surface area contributed by atoms with Gasteiger partial charge < -0.3 is 20.1 Å². The normalized spacial score (nSPS) is 15.5. The van der Waals surface area contributed by atoms with Crippen LogP contribution in [0, 0.1) is 0 Å². The van der Waals surface area contributed by atoms with Gasteiger partial charge in [0.15, 0.2) is 0 Å². The fraction of sp³-hybridized carbons (Fsp3) is 0.158. The average molecular weight is 391 g/mol. The number of ether oxygens (including phenoxy) is 1. The van der Waals surface area contributed by atoms with Crippen LogP contribution in [0.25, 0.3) is 0 Å². The minimum Gasteiger partial charge on any atom is -0.457 e. The molecule has 0 bridgehead atoms. The van der Waals surface area contributed by atoms with Gasteiger partial charge in [-0.1, -0.05) is 59.7 Å². The van der Waals surface area contributed by atoms with Gasteiger partial charge in [0, 0.05) is 5.70 Å². The van der Waals surface area contributed by atoms with E-state index in [1.54, 1.807) is 31.2 Å². The van der Waals surface area contributed by atoms with Crippen molar-refractivity contribution in [3.63, 3.8) is 0 Å². The van der Waals surface area contributed by atoms with Crippen molar-refractivity contribution in [2.75, 3.05) is 5.32 Å². The average Bonchev–Trinajstić information content (AvgIpc) is 3.19. The summed E-state index contributed by atoms with van der Waals surface area (Å²) in [5.41, 5.74) is 2.41. The van der Waals surface area contributed by atoms with Crippen molar-refractivity contribution in [1.29, 1.82) is 0 Å². The molecule has 0 radical (unpaired) electrons. The maximum absolute atomic E-state index is 13.1. The summed E-state index contributed by atoms with van der Waals surface area (Å²) < 4.78 is 6.96. The number of tetrazole rings is 1. The molecule has 9 nitrogen and oxygen atoms in total. The van der Waals surface area contributed by atoms with Gasteiger partial charge in [-0.2, -0.15) is 4.68 Å². The molecule has 0 aliphatic carbocycles. The molecule has 1 aliphatic rings. The second kappa shape index (κ2) is 7.86. The molecule has 2 aromatic carbocycles. The van der Waals surface area contributed by atoms with Gasteiger partial charge in [-0.05, 0) is 33.9 Å². The van der Waals surface area contributed by atoms with Crippen LogP contribution >= 0.6 is 0 Å². The number of esters is 1. The Morgan fingerprint density at radius 1 is 1.17 bits per heavy atom. The molecule has 2 heterocycles. The first-order valence-electron chi connectivity index (χ1n) is 8.98. The Labute approximate surface area is 166 Å². The summed E-state index contributed by atoms with van der Waals surface area (Å²) in [5.74, 6) is -0.207. The highest BCUT2D eigenvalue weighted by Gasteiger charge is 2.37. The lowest BCUT2D eigenvalue weighted by atomic mass is 9.74. The van der Waals surface area contributed by atoms with E-state index in [0.29, 0.717) is 17.2 Å². The molecule has 0 saturated carbocycles. The molecule has 146 valence electrons. The van der Waals surface area contributed by atoms with Gasteiger partial charge in [0.05, 0.1) is 5.57 Å². The van der Waals surface area contributed by atoms with E-state index in [2.05, 4.69) is 20.8 Å². The first-order valence-corrected chi connectivity index (χ1v) is 8.98. The predicted octanol–water partition coefficient (Wildman–Crippen LogP) is 0.385. The molecule has 0 amide bonds. The molecule has 0 saturated heterocycles. The quantitative estimate of drug-likeness (QED) is 0.422. The summed E-state index contributed by atoms with van der Waals surface area (Å²) in [5, 5.41) is 34.2. The lowest BCUT2D eigenvalue weighted by Crippen LogP contribution is -2.38. The number of hydrogen-bond acceptors (Lipinski definition) is 8. The molecular weight excluding hydrogens is 373 g/mol. The summed E-state index contributed by atoms with van der Waals surface area (Å²) in [7, 11) is -1.72.